The number of rotatable bonds is 5. The average Bonchev–Trinajstić information content (AvgIpc) is 2.54. The lowest BCUT2D eigenvalue weighted by atomic mass is 9.99. The highest BCUT2D eigenvalue weighted by Crippen LogP contribution is 2.20. The summed E-state index contributed by atoms with van der Waals surface area (Å²) in [5.74, 6) is -0.223. The van der Waals surface area contributed by atoms with E-state index in [4.69, 9.17) is 4.74 Å². The van der Waals surface area contributed by atoms with Crippen molar-refractivity contribution >= 4 is 17.5 Å². The first-order chi connectivity index (χ1) is 10.2. The van der Waals surface area contributed by atoms with Crippen molar-refractivity contribution < 1.29 is 14.3 Å². The van der Waals surface area contributed by atoms with E-state index in [9.17, 15) is 9.59 Å². The van der Waals surface area contributed by atoms with Crippen molar-refractivity contribution in [2.24, 2.45) is 5.92 Å². The molecule has 0 bridgehead atoms. The number of para-hydroxylation sites is 1. The second-order valence-electron chi connectivity index (χ2n) is 5.18. The van der Waals surface area contributed by atoms with Gasteiger partial charge in [-0.2, -0.15) is 0 Å². The van der Waals surface area contributed by atoms with Gasteiger partial charge in [-0.3, -0.25) is 9.59 Å². The molecule has 0 aromatic heterocycles. The predicted molar refractivity (Wildman–Crippen MR) is 81.2 cm³/mol. The SMILES string of the molecule is CCCNC(=O)c1ccccc1NC(=O)C1CCOCC1. The third kappa shape index (κ3) is 4.29. The summed E-state index contributed by atoms with van der Waals surface area (Å²) in [4.78, 5) is 24.4. The first-order valence-electron chi connectivity index (χ1n) is 7.48. The molecule has 1 saturated heterocycles. The van der Waals surface area contributed by atoms with E-state index in [0.29, 0.717) is 31.0 Å². The Bertz CT molecular complexity index is 496. The van der Waals surface area contributed by atoms with E-state index in [1.807, 2.05) is 13.0 Å². The summed E-state index contributed by atoms with van der Waals surface area (Å²) in [5.41, 5.74) is 1.08. The highest BCUT2D eigenvalue weighted by molar-refractivity contribution is 6.04. The van der Waals surface area contributed by atoms with E-state index in [1.54, 1.807) is 18.2 Å². The van der Waals surface area contributed by atoms with Crippen LogP contribution in [-0.4, -0.2) is 31.6 Å². The van der Waals surface area contributed by atoms with Gasteiger partial charge in [0.05, 0.1) is 11.3 Å². The Balaban J connectivity index is 2.05. The van der Waals surface area contributed by atoms with Gasteiger partial charge in [-0.25, -0.2) is 0 Å². The fourth-order valence-electron chi connectivity index (χ4n) is 2.32. The topological polar surface area (TPSA) is 67.4 Å². The molecule has 0 unspecified atom stereocenters. The van der Waals surface area contributed by atoms with E-state index in [-0.39, 0.29) is 17.7 Å². The standard InChI is InChI=1S/C16H22N2O3/c1-2-9-17-16(20)13-5-3-4-6-14(13)18-15(19)12-7-10-21-11-8-12/h3-6,12H,2,7-11H2,1H3,(H,17,20)(H,18,19). The van der Waals surface area contributed by atoms with Crippen LogP contribution in [0, 0.1) is 5.92 Å². The molecule has 1 fully saturated rings. The van der Waals surface area contributed by atoms with E-state index >= 15 is 0 Å². The summed E-state index contributed by atoms with van der Waals surface area (Å²) >= 11 is 0. The number of anilines is 1. The zero-order valence-electron chi connectivity index (χ0n) is 12.4. The highest BCUT2D eigenvalue weighted by atomic mass is 16.5. The maximum Gasteiger partial charge on any atom is 0.253 e. The van der Waals surface area contributed by atoms with Crippen LogP contribution < -0.4 is 10.6 Å². The number of benzene rings is 1. The van der Waals surface area contributed by atoms with Crippen LogP contribution in [0.5, 0.6) is 0 Å². The third-order valence-corrected chi connectivity index (χ3v) is 3.56. The molecular weight excluding hydrogens is 268 g/mol. The van der Waals surface area contributed by atoms with E-state index in [2.05, 4.69) is 10.6 Å². The molecule has 21 heavy (non-hydrogen) atoms. The lowest BCUT2D eigenvalue weighted by molar-refractivity contribution is -0.122. The highest BCUT2D eigenvalue weighted by Gasteiger charge is 2.22. The zero-order valence-corrected chi connectivity index (χ0v) is 12.4. The quantitative estimate of drug-likeness (QED) is 0.873. The van der Waals surface area contributed by atoms with Gasteiger partial charge in [-0.15, -0.1) is 0 Å². The van der Waals surface area contributed by atoms with Crippen LogP contribution in [-0.2, 0) is 9.53 Å². The molecule has 5 nitrogen and oxygen atoms in total. The van der Waals surface area contributed by atoms with E-state index < -0.39 is 0 Å². The summed E-state index contributed by atoms with van der Waals surface area (Å²) in [6.07, 6.45) is 2.34. The summed E-state index contributed by atoms with van der Waals surface area (Å²) in [7, 11) is 0. The van der Waals surface area contributed by atoms with Crippen molar-refractivity contribution in [3.63, 3.8) is 0 Å². The molecule has 1 aromatic carbocycles. The largest absolute Gasteiger partial charge is 0.381 e. The van der Waals surface area contributed by atoms with Gasteiger partial charge in [0.25, 0.3) is 5.91 Å². The number of hydrogen-bond acceptors (Lipinski definition) is 3. The molecule has 1 aliphatic heterocycles. The van der Waals surface area contributed by atoms with E-state index in [1.165, 1.54) is 0 Å². The summed E-state index contributed by atoms with van der Waals surface area (Å²) < 4.78 is 5.26. The van der Waals surface area contributed by atoms with E-state index in [0.717, 1.165) is 19.3 Å². The Morgan fingerprint density at radius 2 is 1.95 bits per heavy atom. The van der Waals surface area contributed by atoms with Gasteiger partial charge < -0.3 is 15.4 Å². The number of carbonyl (C=O) groups excluding carboxylic acids is 2. The molecule has 2 amide bonds. The number of hydrogen-bond donors (Lipinski definition) is 2. The minimum atomic E-state index is -0.153. The summed E-state index contributed by atoms with van der Waals surface area (Å²) in [5, 5.41) is 5.71. The van der Waals surface area contributed by atoms with Crippen LogP contribution in [0.1, 0.15) is 36.5 Å². The molecule has 0 radical (unpaired) electrons. The Morgan fingerprint density at radius 3 is 2.67 bits per heavy atom. The molecule has 2 rings (SSSR count). The number of nitrogens with one attached hydrogen (secondary N) is 2. The molecule has 1 heterocycles. The van der Waals surface area contributed by atoms with Crippen molar-refractivity contribution in [1.82, 2.24) is 5.32 Å². The Labute approximate surface area is 125 Å². The molecule has 0 aliphatic carbocycles. The lowest BCUT2D eigenvalue weighted by Gasteiger charge is -2.21. The second kappa shape index (κ2) is 7.78. The van der Waals surface area contributed by atoms with Crippen molar-refractivity contribution in [2.75, 3.05) is 25.1 Å². The minimum absolute atomic E-state index is 0.0333. The first-order valence-corrected chi connectivity index (χ1v) is 7.48. The number of amides is 2. The molecule has 0 spiro atoms. The molecule has 2 N–H and O–H groups in total. The Kier molecular flexibility index (Phi) is 5.75. The first kappa shape index (κ1) is 15.5. The third-order valence-electron chi connectivity index (χ3n) is 3.56. The van der Waals surface area contributed by atoms with Gasteiger partial charge in [0.1, 0.15) is 0 Å². The van der Waals surface area contributed by atoms with Gasteiger partial charge in [0, 0.05) is 25.7 Å². The van der Waals surface area contributed by atoms with Gasteiger partial charge in [-0.1, -0.05) is 19.1 Å². The molecule has 0 atom stereocenters. The van der Waals surface area contributed by atoms with Gasteiger partial charge in [0.2, 0.25) is 5.91 Å². The Morgan fingerprint density at radius 1 is 1.24 bits per heavy atom. The fourth-order valence-corrected chi connectivity index (χ4v) is 2.32. The number of ether oxygens (including phenoxy) is 1. The van der Waals surface area contributed by atoms with Crippen molar-refractivity contribution in [3.05, 3.63) is 29.8 Å². The van der Waals surface area contributed by atoms with Crippen LogP contribution >= 0.6 is 0 Å². The molecule has 5 heteroatoms. The van der Waals surface area contributed by atoms with Crippen LogP contribution in [0.25, 0.3) is 0 Å². The average molecular weight is 290 g/mol. The zero-order chi connectivity index (χ0) is 15.1. The monoisotopic (exact) mass is 290 g/mol. The van der Waals surface area contributed by atoms with Crippen molar-refractivity contribution in [3.8, 4) is 0 Å². The summed E-state index contributed by atoms with van der Waals surface area (Å²) in [6.45, 7) is 3.87. The smallest absolute Gasteiger partial charge is 0.253 e. The Hall–Kier alpha value is -1.88. The lowest BCUT2D eigenvalue weighted by Crippen LogP contribution is -2.30. The summed E-state index contributed by atoms with van der Waals surface area (Å²) in [6, 6.07) is 7.10. The molecule has 1 aromatic rings. The molecule has 0 saturated carbocycles. The molecule has 114 valence electrons. The van der Waals surface area contributed by atoms with Crippen LogP contribution in [0.4, 0.5) is 5.69 Å². The maximum atomic E-state index is 12.3. The number of carbonyl (C=O) groups is 2. The second-order valence-corrected chi connectivity index (χ2v) is 5.18. The van der Waals surface area contributed by atoms with Crippen molar-refractivity contribution in [2.45, 2.75) is 26.2 Å². The van der Waals surface area contributed by atoms with Crippen LogP contribution in [0.15, 0.2) is 24.3 Å². The van der Waals surface area contributed by atoms with Gasteiger partial charge in [0.15, 0.2) is 0 Å². The van der Waals surface area contributed by atoms with Crippen molar-refractivity contribution in [1.29, 1.82) is 0 Å². The maximum absolute atomic E-state index is 12.3. The molecule has 1 aliphatic rings. The molecular formula is C16H22N2O3. The fraction of sp³-hybridized carbons (Fsp3) is 0.500. The van der Waals surface area contributed by atoms with Gasteiger partial charge in [-0.05, 0) is 31.4 Å². The normalized spacial score (nSPS) is 15.5. The minimum Gasteiger partial charge on any atom is -0.381 e. The van der Waals surface area contributed by atoms with Crippen LogP contribution in [0.2, 0.25) is 0 Å². The van der Waals surface area contributed by atoms with Gasteiger partial charge >= 0.3 is 0 Å². The predicted octanol–water partition coefficient (Wildman–Crippen LogP) is 2.19. The van der Waals surface area contributed by atoms with Crippen LogP contribution in [0.3, 0.4) is 0 Å².